The molecule has 0 fully saturated rings. The van der Waals surface area contributed by atoms with Crippen molar-refractivity contribution in [3.05, 3.63) is 40.0 Å². The summed E-state index contributed by atoms with van der Waals surface area (Å²) in [6.45, 7) is 0.0640. The average molecular weight is 299 g/mol. The lowest BCUT2D eigenvalue weighted by molar-refractivity contribution is -0.116. The molecule has 1 aliphatic carbocycles. The summed E-state index contributed by atoms with van der Waals surface area (Å²) in [6, 6.07) is 5.57. The zero-order chi connectivity index (χ0) is 14.8. The van der Waals surface area contributed by atoms with Gasteiger partial charge in [0.05, 0.1) is 11.3 Å². The standard InChI is InChI=1S/C15H13N3O2S/c16-7-12-11-4-1-5-13(11)21-15(12)17-14(20)8-18-6-2-3-10(18)9-19/h2-3,6,9H,1,4-5,8H2,(H,17,20). The lowest BCUT2D eigenvalue weighted by Gasteiger charge is -2.06. The Morgan fingerprint density at radius 2 is 2.38 bits per heavy atom. The zero-order valence-corrected chi connectivity index (χ0v) is 12.1. The minimum atomic E-state index is -0.231. The molecule has 5 nitrogen and oxygen atoms in total. The maximum atomic E-state index is 12.1. The van der Waals surface area contributed by atoms with Crippen molar-refractivity contribution in [3.63, 3.8) is 0 Å². The summed E-state index contributed by atoms with van der Waals surface area (Å²) in [6.07, 6.45) is 5.38. The number of carbonyl (C=O) groups is 2. The predicted octanol–water partition coefficient (Wildman–Crippen LogP) is 2.36. The number of anilines is 1. The first kappa shape index (κ1) is 13.6. The monoisotopic (exact) mass is 299 g/mol. The highest BCUT2D eigenvalue weighted by Crippen LogP contribution is 2.38. The minimum absolute atomic E-state index is 0.0640. The fourth-order valence-electron chi connectivity index (χ4n) is 2.61. The van der Waals surface area contributed by atoms with Crippen LogP contribution in [0.25, 0.3) is 0 Å². The van der Waals surface area contributed by atoms with Gasteiger partial charge in [-0.05, 0) is 37.0 Å². The summed E-state index contributed by atoms with van der Waals surface area (Å²) in [5, 5.41) is 12.7. The van der Waals surface area contributed by atoms with Crippen molar-refractivity contribution in [2.24, 2.45) is 0 Å². The summed E-state index contributed by atoms with van der Waals surface area (Å²) >= 11 is 1.49. The van der Waals surface area contributed by atoms with Gasteiger partial charge < -0.3 is 9.88 Å². The highest BCUT2D eigenvalue weighted by molar-refractivity contribution is 7.16. The summed E-state index contributed by atoms with van der Waals surface area (Å²) in [7, 11) is 0. The van der Waals surface area contributed by atoms with E-state index >= 15 is 0 Å². The number of aldehydes is 1. The number of nitrogens with zero attached hydrogens (tertiary/aromatic N) is 2. The van der Waals surface area contributed by atoms with Crippen molar-refractivity contribution in [3.8, 4) is 6.07 Å². The Bertz CT molecular complexity index is 752. The van der Waals surface area contributed by atoms with Gasteiger partial charge in [0.25, 0.3) is 0 Å². The molecule has 0 bridgehead atoms. The van der Waals surface area contributed by atoms with E-state index in [2.05, 4.69) is 11.4 Å². The predicted molar refractivity (Wildman–Crippen MR) is 79.5 cm³/mol. The van der Waals surface area contributed by atoms with Gasteiger partial charge >= 0.3 is 0 Å². The lowest BCUT2D eigenvalue weighted by Crippen LogP contribution is -2.19. The molecule has 0 spiro atoms. The third-order valence-corrected chi connectivity index (χ3v) is 4.79. The first-order valence-corrected chi connectivity index (χ1v) is 7.49. The molecular formula is C15H13N3O2S. The zero-order valence-electron chi connectivity index (χ0n) is 11.3. The maximum absolute atomic E-state index is 12.1. The Morgan fingerprint density at radius 1 is 1.52 bits per heavy atom. The van der Waals surface area contributed by atoms with Gasteiger partial charge in [-0.1, -0.05) is 0 Å². The van der Waals surface area contributed by atoms with Gasteiger partial charge in [-0.3, -0.25) is 9.59 Å². The second-order valence-electron chi connectivity index (χ2n) is 4.90. The highest BCUT2D eigenvalue weighted by Gasteiger charge is 2.23. The van der Waals surface area contributed by atoms with Crippen molar-refractivity contribution in [1.82, 2.24) is 4.57 Å². The average Bonchev–Trinajstić information content (AvgIpc) is 3.14. The lowest BCUT2D eigenvalue weighted by atomic mass is 10.1. The number of rotatable bonds is 4. The van der Waals surface area contributed by atoms with Crippen LogP contribution in [0.1, 0.15) is 32.9 Å². The van der Waals surface area contributed by atoms with Crippen LogP contribution in [0.15, 0.2) is 18.3 Å². The number of thiophene rings is 1. The molecule has 1 N–H and O–H groups in total. The summed E-state index contributed by atoms with van der Waals surface area (Å²) in [4.78, 5) is 24.1. The molecule has 0 unspecified atom stereocenters. The van der Waals surface area contributed by atoms with Gasteiger partial charge in [0, 0.05) is 11.1 Å². The number of aromatic nitrogens is 1. The van der Waals surface area contributed by atoms with Gasteiger partial charge in [-0.15, -0.1) is 11.3 Å². The van der Waals surface area contributed by atoms with Crippen LogP contribution in [-0.4, -0.2) is 16.8 Å². The van der Waals surface area contributed by atoms with E-state index in [-0.39, 0.29) is 12.5 Å². The Labute approximate surface area is 125 Å². The van der Waals surface area contributed by atoms with Gasteiger partial charge in [-0.2, -0.15) is 5.26 Å². The molecule has 0 saturated heterocycles. The number of amides is 1. The molecule has 0 aliphatic heterocycles. The van der Waals surface area contributed by atoms with Crippen LogP contribution in [0, 0.1) is 11.3 Å². The third kappa shape index (κ3) is 2.48. The van der Waals surface area contributed by atoms with Gasteiger partial charge in [0.2, 0.25) is 5.91 Å². The van der Waals surface area contributed by atoms with Crippen molar-refractivity contribution < 1.29 is 9.59 Å². The van der Waals surface area contributed by atoms with Crippen LogP contribution < -0.4 is 5.32 Å². The van der Waals surface area contributed by atoms with Crippen LogP contribution in [-0.2, 0) is 24.2 Å². The van der Waals surface area contributed by atoms with Crippen LogP contribution >= 0.6 is 11.3 Å². The molecular weight excluding hydrogens is 286 g/mol. The first-order valence-electron chi connectivity index (χ1n) is 6.67. The summed E-state index contributed by atoms with van der Waals surface area (Å²) in [5.74, 6) is -0.231. The summed E-state index contributed by atoms with van der Waals surface area (Å²) in [5.41, 5.74) is 2.15. The van der Waals surface area contributed by atoms with E-state index in [0.717, 1.165) is 24.8 Å². The molecule has 1 amide bonds. The highest BCUT2D eigenvalue weighted by atomic mass is 32.1. The molecule has 0 aromatic carbocycles. The van der Waals surface area contributed by atoms with E-state index in [1.165, 1.54) is 16.2 Å². The maximum Gasteiger partial charge on any atom is 0.244 e. The largest absolute Gasteiger partial charge is 0.336 e. The van der Waals surface area contributed by atoms with Crippen LogP contribution in [0.2, 0.25) is 0 Å². The minimum Gasteiger partial charge on any atom is -0.336 e. The number of nitriles is 1. The van der Waals surface area contributed by atoms with Gasteiger partial charge in [0.1, 0.15) is 17.6 Å². The van der Waals surface area contributed by atoms with Crippen molar-refractivity contribution in [2.45, 2.75) is 25.8 Å². The van der Waals surface area contributed by atoms with Crippen LogP contribution in [0.5, 0.6) is 0 Å². The number of hydrogen-bond donors (Lipinski definition) is 1. The third-order valence-electron chi connectivity index (χ3n) is 3.59. The topological polar surface area (TPSA) is 74.9 Å². The van der Waals surface area contributed by atoms with E-state index in [0.29, 0.717) is 22.5 Å². The molecule has 2 aromatic heterocycles. The van der Waals surface area contributed by atoms with E-state index in [1.807, 2.05) is 0 Å². The molecule has 2 aromatic rings. The second kappa shape index (κ2) is 5.54. The van der Waals surface area contributed by atoms with Crippen LogP contribution in [0.3, 0.4) is 0 Å². The molecule has 2 heterocycles. The van der Waals surface area contributed by atoms with Crippen molar-refractivity contribution in [2.75, 3.05) is 5.32 Å². The molecule has 6 heteroatoms. The SMILES string of the molecule is N#Cc1c(NC(=O)Cn2cccc2C=O)sc2c1CCC2. The smallest absolute Gasteiger partial charge is 0.244 e. The number of aryl methyl sites for hydroxylation is 1. The Balaban J connectivity index is 1.77. The fraction of sp³-hybridized carbons (Fsp3) is 0.267. The molecule has 0 atom stereocenters. The van der Waals surface area contributed by atoms with Gasteiger partial charge in [0.15, 0.2) is 6.29 Å². The Morgan fingerprint density at radius 3 is 3.14 bits per heavy atom. The molecule has 1 aliphatic rings. The summed E-state index contributed by atoms with van der Waals surface area (Å²) < 4.78 is 1.58. The number of hydrogen-bond acceptors (Lipinski definition) is 4. The molecule has 0 saturated carbocycles. The Kier molecular flexibility index (Phi) is 3.59. The fourth-order valence-corrected chi connectivity index (χ4v) is 3.87. The van der Waals surface area contributed by atoms with E-state index in [1.54, 1.807) is 22.9 Å². The van der Waals surface area contributed by atoms with E-state index in [4.69, 9.17) is 0 Å². The molecule has 21 heavy (non-hydrogen) atoms. The quantitative estimate of drug-likeness (QED) is 0.881. The van der Waals surface area contributed by atoms with Crippen LogP contribution in [0.4, 0.5) is 5.00 Å². The number of nitrogens with one attached hydrogen (secondary N) is 1. The van der Waals surface area contributed by atoms with E-state index < -0.39 is 0 Å². The molecule has 106 valence electrons. The van der Waals surface area contributed by atoms with Crippen molar-refractivity contribution >= 4 is 28.5 Å². The molecule has 0 radical (unpaired) electrons. The number of fused-ring (bicyclic) bond motifs is 1. The van der Waals surface area contributed by atoms with Crippen molar-refractivity contribution in [1.29, 1.82) is 5.26 Å². The first-order chi connectivity index (χ1) is 10.2. The van der Waals surface area contributed by atoms with E-state index in [9.17, 15) is 14.9 Å². The molecule has 3 rings (SSSR count). The van der Waals surface area contributed by atoms with Gasteiger partial charge in [-0.25, -0.2) is 0 Å². The second-order valence-corrected chi connectivity index (χ2v) is 6.01. The number of carbonyl (C=O) groups excluding carboxylic acids is 2. The normalized spacial score (nSPS) is 12.7. The Hall–Kier alpha value is -2.39.